The lowest BCUT2D eigenvalue weighted by Crippen LogP contribution is -2.64. The molecule has 13 atom stereocenters. The van der Waals surface area contributed by atoms with Gasteiger partial charge in [-0.3, -0.25) is 24.0 Å². The molecule has 1 heterocycles. The first-order chi connectivity index (χ1) is 24.7. The highest BCUT2D eigenvalue weighted by Crippen LogP contribution is 2.73. The van der Waals surface area contributed by atoms with Gasteiger partial charge < -0.3 is 44.5 Å². The van der Waals surface area contributed by atoms with E-state index in [4.69, 9.17) is 18.9 Å². The first-order valence-electron chi connectivity index (χ1n) is 18.5. The molecule has 0 aromatic heterocycles. The maximum Gasteiger partial charge on any atom is 0.303 e. The van der Waals surface area contributed by atoms with E-state index < -0.39 is 118 Å². The number of hydrogen-bond donors (Lipinski definition) is 5. The zero-order valence-electron chi connectivity index (χ0n) is 32.7. The average molecular weight is 761 g/mol. The summed E-state index contributed by atoms with van der Waals surface area (Å²) in [6, 6.07) is 0. The Morgan fingerprint density at radius 3 is 2.17 bits per heavy atom. The number of carbonyl (C=O) groups is 5. The maximum absolute atomic E-state index is 14.8. The van der Waals surface area contributed by atoms with Crippen LogP contribution in [-0.4, -0.2) is 109 Å². The minimum atomic E-state index is -2.11. The molecule has 0 radical (unpaired) electrons. The van der Waals surface area contributed by atoms with E-state index in [1.165, 1.54) is 19.9 Å². The van der Waals surface area contributed by atoms with Crippen molar-refractivity contribution in [2.45, 2.75) is 137 Å². The lowest BCUT2D eigenvalue weighted by molar-refractivity contribution is -0.292. The largest absolute Gasteiger partial charge is 0.463 e. The molecule has 4 aliphatic carbocycles. The number of rotatable bonds is 9. The number of allylic oxidation sites excluding steroid dienone is 4. The summed E-state index contributed by atoms with van der Waals surface area (Å²) >= 11 is 0. The van der Waals surface area contributed by atoms with Crippen molar-refractivity contribution in [1.29, 1.82) is 0 Å². The van der Waals surface area contributed by atoms with Gasteiger partial charge in [0.25, 0.3) is 0 Å². The molecule has 0 spiro atoms. The molecule has 0 bridgehead atoms. The van der Waals surface area contributed by atoms with Gasteiger partial charge in [0.15, 0.2) is 11.5 Å². The smallest absolute Gasteiger partial charge is 0.303 e. The van der Waals surface area contributed by atoms with Crippen LogP contribution in [0.25, 0.3) is 0 Å². The molecule has 54 heavy (non-hydrogen) atoms. The number of hydrogen-bond acceptors (Lipinski definition) is 14. The Balaban J connectivity index is 1.50. The Morgan fingerprint density at radius 2 is 1.57 bits per heavy atom. The van der Waals surface area contributed by atoms with E-state index >= 15 is 0 Å². The molecule has 5 aliphatic rings. The molecule has 14 nitrogen and oxygen atoms in total. The van der Waals surface area contributed by atoms with E-state index in [1.54, 1.807) is 33.8 Å². The second-order valence-corrected chi connectivity index (χ2v) is 17.9. The molecule has 1 aliphatic heterocycles. The van der Waals surface area contributed by atoms with Crippen LogP contribution in [0.3, 0.4) is 0 Å². The monoisotopic (exact) mass is 760 g/mol. The third-order valence-corrected chi connectivity index (χ3v) is 13.5. The normalized spacial score (nSPS) is 41.4. The van der Waals surface area contributed by atoms with Crippen LogP contribution in [0.4, 0.5) is 0 Å². The predicted molar refractivity (Wildman–Crippen MR) is 190 cm³/mol. The summed E-state index contributed by atoms with van der Waals surface area (Å²) < 4.78 is 21.9. The highest BCUT2D eigenvalue weighted by Gasteiger charge is 2.74. The van der Waals surface area contributed by atoms with Gasteiger partial charge in [-0.1, -0.05) is 32.4 Å². The highest BCUT2D eigenvalue weighted by atomic mass is 16.7. The summed E-state index contributed by atoms with van der Waals surface area (Å²) in [7, 11) is 0. The highest BCUT2D eigenvalue weighted by molar-refractivity contribution is 6.02. The molecule has 0 aromatic carbocycles. The van der Waals surface area contributed by atoms with Crippen molar-refractivity contribution >= 4 is 29.3 Å². The minimum Gasteiger partial charge on any atom is -0.463 e. The summed E-state index contributed by atoms with van der Waals surface area (Å²) in [6.45, 7) is 15.6. The third-order valence-electron chi connectivity index (χ3n) is 13.5. The van der Waals surface area contributed by atoms with E-state index in [0.717, 1.165) is 13.0 Å². The second-order valence-electron chi connectivity index (χ2n) is 17.9. The fourth-order valence-corrected chi connectivity index (χ4v) is 10.5. The van der Waals surface area contributed by atoms with Crippen LogP contribution in [0.2, 0.25) is 0 Å². The van der Waals surface area contributed by atoms with Crippen LogP contribution in [0.15, 0.2) is 35.6 Å². The number of ketones is 3. The van der Waals surface area contributed by atoms with Gasteiger partial charge in [-0.05, 0) is 82.4 Å². The molecule has 5 rings (SSSR count). The number of aliphatic hydroxyl groups excluding tert-OH is 4. The van der Waals surface area contributed by atoms with Gasteiger partial charge in [0.05, 0.1) is 11.5 Å². The minimum absolute atomic E-state index is 0.0984. The number of Topliss-reactive ketones (excluding diaryl/α,β-unsaturated/α-hetero) is 2. The number of esters is 2. The summed E-state index contributed by atoms with van der Waals surface area (Å²) in [5.74, 6) is -4.95. The zero-order valence-corrected chi connectivity index (χ0v) is 32.7. The first kappa shape index (κ1) is 41.9. The van der Waals surface area contributed by atoms with Crippen LogP contribution in [-0.2, 0) is 42.9 Å². The third kappa shape index (κ3) is 6.50. The fourth-order valence-electron chi connectivity index (χ4n) is 10.5. The quantitative estimate of drug-likeness (QED) is 0.129. The van der Waals surface area contributed by atoms with Gasteiger partial charge >= 0.3 is 11.9 Å². The van der Waals surface area contributed by atoms with Crippen molar-refractivity contribution in [3.05, 3.63) is 35.6 Å². The fraction of sp³-hybridized carbons (Fsp3) is 0.725. The van der Waals surface area contributed by atoms with Crippen molar-refractivity contribution < 1.29 is 68.5 Å². The van der Waals surface area contributed by atoms with Crippen LogP contribution in [0.5, 0.6) is 0 Å². The second kappa shape index (κ2) is 13.7. The maximum atomic E-state index is 14.8. The van der Waals surface area contributed by atoms with Gasteiger partial charge in [-0.2, -0.15) is 0 Å². The topological polar surface area (TPSA) is 223 Å². The van der Waals surface area contributed by atoms with Gasteiger partial charge in [0.1, 0.15) is 48.0 Å². The van der Waals surface area contributed by atoms with Crippen molar-refractivity contribution in [2.24, 2.45) is 39.4 Å². The molecular weight excluding hydrogens is 704 g/mol. The molecule has 0 unspecified atom stereocenters. The Hall–Kier alpha value is -3.27. The Morgan fingerprint density at radius 1 is 0.944 bits per heavy atom. The van der Waals surface area contributed by atoms with E-state index in [-0.39, 0.29) is 24.4 Å². The SMILES string of the molecule is CC(=O)OC[C@H]1O[C@@H](OC2=C[C@@H]3C(=CC[C@@H]4[C@@]3(C)C(=O)C[C@]3(C)[C@@H]([C@@](C)(O)C(=O)/C=C/C(C)(C)OC(C)=O)[C@H](O)C[C@@]43C)C(C)(C)C2=O)[C@H](O)[C@@H](O)[C@@H]1O. The van der Waals surface area contributed by atoms with Gasteiger partial charge in [0.2, 0.25) is 12.1 Å². The summed E-state index contributed by atoms with van der Waals surface area (Å²) in [6.07, 6.45) is -2.79. The Labute approximate surface area is 315 Å². The van der Waals surface area contributed by atoms with Crippen molar-refractivity contribution in [1.82, 2.24) is 0 Å². The summed E-state index contributed by atoms with van der Waals surface area (Å²) in [5.41, 5.74) is -6.75. The van der Waals surface area contributed by atoms with E-state index in [0.29, 0.717) is 12.0 Å². The van der Waals surface area contributed by atoms with Gasteiger partial charge in [-0.25, -0.2) is 0 Å². The molecule has 2 saturated carbocycles. The number of aliphatic hydroxyl groups is 5. The molecule has 300 valence electrons. The summed E-state index contributed by atoms with van der Waals surface area (Å²) in [5, 5.41) is 55.6. The Kier molecular flexibility index (Phi) is 10.7. The van der Waals surface area contributed by atoms with Gasteiger partial charge in [-0.15, -0.1) is 0 Å². The predicted octanol–water partition coefficient (Wildman–Crippen LogP) is 2.02. The lowest BCUT2D eigenvalue weighted by Gasteiger charge is -2.63. The molecule has 5 N–H and O–H groups in total. The lowest BCUT2D eigenvalue weighted by atomic mass is 9.39. The molecule has 0 aromatic rings. The molecule has 3 fully saturated rings. The van der Waals surface area contributed by atoms with Crippen molar-refractivity contribution in [3.63, 3.8) is 0 Å². The van der Waals surface area contributed by atoms with Crippen LogP contribution < -0.4 is 0 Å². The molecule has 14 heteroatoms. The van der Waals surface area contributed by atoms with E-state index in [1.807, 2.05) is 26.8 Å². The molecule has 1 saturated heterocycles. The van der Waals surface area contributed by atoms with Gasteiger partial charge in [0, 0.05) is 37.5 Å². The van der Waals surface area contributed by atoms with Crippen LogP contribution in [0.1, 0.15) is 88.5 Å². The summed E-state index contributed by atoms with van der Waals surface area (Å²) in [4.78, 5) is 65.6. The van der Waals surface area contributed by atoms with Crippen LogP contribution in [0, 0.1) is 39.4 Å². The van der Waals surface area contributed by atoms with Crippen LogP contribution >= 0.6 is 0 Å². The standard InChI is InChI=1S/C40H56O14/c1-19(41)51-18-25-29(46)30(47)31(48)34(53-25)52-24-15-22-21(36(5,6)33(24)49)11-12-26-37(7)16-23(43)32(38(37,8)17-28(45)39(22,26)9)40(10,50)27(44)13-14-35(3,4)54-20(2)42/h11,13-15,22-23,25-26,29-32,34,43,46-48,50H,12,16-18H2,1-10H3/b14-13+/t22-,23-,25-,26+,29-,30+,31-,32+,34-,37+,38-,39+,40+/m1/s1. The van der Waals surface area contributed by atoms with E-state index in [2.05, 4.69) is 0 Å². The Bertz CT molecular complexity index is 1690. The van der Waals surface area contributed by atoms with Crippen molar-refractivity contribution in [2.75, 3.05) is 6.61 Å². The van der Waals surface area contributed by atoms with Crippen molar-refractivity contribution in [3.8, 4) is 0 Å². The number of ether oxygens (including phenoxy) is 4. The molecular formula is C40H56O14. The zero-order chi connectivity index (χ0) is 40.7. The number of carbonyl (C=O) groups excluding carboxylic acids is 5. The molecule has 0 amide bonds. The number of fused-ring (bicyclic) bond motifs is 5. The first-order valence-corrected chi connectivity index (χ1v) is 18.5. The average Bonchev–Trinajstić information content (AvgIpc) is 3.26. The van der Waals surface area contributed by atoms with E-state index in [9.17, 15) is 49.5 Å².